The Balaban J connectivity index is 1.81. The molecule has 0 spiro atoms. The van der Waals surface area contributed by atoms with E-state index in [-0.39, 0.29) is 0 Å². The molecular formula is C19H26N2. The molecule has 1 aliphatic rings. The van der Waals surface area contributed by atoms with Crippen molar-refractivity contribution >= 4 is 10.9 Å². The number of fused-ring (bicyclic) bond motifs is 1. The van der Waals surface area contributed by atoms with E-state index in [1.807, 2.05) is 12.3 Å². The smallest absolute Gasteiger partial charge is 0.0705 e. The first-order valence-corrected chi connectivity index (χ1v) is 8.45. The van der Waals surface area contributed by atoms with Crippen LogP contribution in [-0.4, -0.2) is 11.5 Å². The summed E-state index contributed by atoms with van der Waals surface area (Å²) in [6, 6.07) is 11.4. The average Bonchev–Trinajstić information content (AvgIpc) is 3.04. The summed E-state index contributed by atoms with van der Waals surface area (Å²) in [5, 5.41) is 4.98. The molecule has 1 aromatic heterocycles. The van der Waals surface area contributed by atoms with Gasteiger partial charge in [-0.25, -0.2) is 0 Å². The van der Waals surface area contributed by atoms with Crippen molar-refractivity contribution in [1.29, 1.82) is 0 Å². The van der Waals surface area contributed by atoms with Crippen LogP contribution in [0.3, 0.4) is 0 Å². The SMILES string of the molecule is CCCNC(CC1CCCC1)c1ccc2cccnc2c1. The molecule has 1 fully saturated rings. The number of nitrogens with one attached hydrogen (secondary N) is 1. The van der Waals surface area contributed by atoms with Gasteiger partial charge in [0.1, 0.15) is 0 Å². The van der Waals surface area contributed by atoms with E-state index in [1.54, 1.807) is 0 Å². The summed E-state index contributed by atoms with van der Waals surface area (Å²) in [4.78, 5) is 4.51. The number of aromatic nitrogens is 1. The fourth-order valence-electron chi connectivity index (χ4n) is 3.54. The van der Waals surface area contributed by atoms with Crippen LogP contribution in [0.1, 0.15) is 57.1 Å². The summed E-state index contributed by atoms with van der Waals surface area (Å²) in [7, 11) is 0. The minimum Gasteiger partial charge on any atom is -0.310 e. The number of rotatable bonds is 6. The third-order valence-corrected chi connectivity index (χ3v) is 4.72. The maximum Gasteiger partial charge on any atom is 0.0705 e. The minimum atomic E-state index is 0.486. The zero-order chi connectivity index (χ0) is 14.5. The zero-order valence-corrected chi connectivity index (χ0v) is 13.0. The number of pyridine rings is 1. The Bertz CT molecular complexity index is 573. The second-order valence-corrected chi connectivity index (χ2v) is 6.35. The standard InChI is InChI=1S/C19H26N2/c1-2-11-20-18(13-15-6-3-4-7-15)17-10-9-16-8-5-12-21-19(16)14-17/h5,8-10,12,14-15,18,20H,2-4,6-7,11,13H2,1H3. The van der Waals surface area contributed by atoms with E-state index in [0.29, 0.717) is 6.04 Å². The highest BCUT2D eigenvalue weighted by atomic mass is 14.9. The molecule has 2 aromatic rings. The first-order chi connectivity index (χ1) is 10.4. The lowest BCUT2D eigenvalue weighted by atomic mass is 9.93. The van der Waals surface area contributed by atoms with Crippen LogP contribution in [0, 0.1) is 5.92 Å². The molecule has 21 heavy (non-hydrogen) atoms. The fourth-order valence-corrected chi connectivity index (χ4v) is 3.54. The van der Waals surface area contributed by atoms with E-state index in [4.69, 9.17) is 0 Å². The van der Waals surface area contributed by atoms with Crippen LogP contribution in [-0.2, 0) is 0 Å². The molecule has 1 heterocycles. The van der Waals surface area contributed by atoms with Crippen molar-refractivity contribution in [3.63, 3.8) is 0 Å². The monoisotopic (exact) mass is 282 g/mol. The molecule has 1 atom stereocenters. The second kappa shape index (κ2) is 7.04. The quantitative estimate of drug-likeness (QED) is 0.818. The number of hydrogen-bond acceptors (Lipinski definition) is 2. The van der Waals surface area contributed by atoms with Gasteiger partial charge in [0.25, 0.3) is 0 Å². The Morgan fingerprint density at radius 3 is 2.90 bits per heavy atom. The first-order valence-electron chi connectivity index (χ1n) is 8.45. The van der Waals surface area contributed by atoms with Gasteiger partial charge in [-0.3, -0.25) is 4.98 Å². The fraction of sp³-hybridized carbons (Fsp3) is 0.526. The Morgan fingerprint density at radius 2 is 2.10 bits per heavy atom. The van der Waals surface area contributed by atoms with Gasteiger partial charge in [-0.1, -0.05) is 50.8 Å². The maximum absolute atomic E-state index is 4.51. The Labute approximate surface area is 128 Å². The summed E-state index contributed by atoms with van der Waals surface area (Å²) >= 11 is 0. The summed E-state index contributed by atoms with van der Waals surface area (Å²) in [6.07, 6.45) is 10.0. The van der Waals surface area contributed by atoms with Gasteiger partial charge in [-0.15, -0.1) is 0 Å². The summed E-state index contributed by atoms with van der Waals surface area (Å²) in [5.74, 6) is 0.902. The third-order valence-electron chi connectivity index (χ3n) is 4.72. The molecule has 1 aliphatic carbocycles. The number of nitrogens with zero attached hydrogens (tertiary/aromatic N) is 1. The molecule has 2 nitrogen and oxygen atoms in total. The molecule has 1 unspecified atom stereocenters. The molecule has 1 saturated carbocycles. The molecule has 2 heteroatoms. The Morgan fingerprint density at radius 1 is 1.24 bits per heavy atom. The van der Waals surface area contributed by atoms with Crippen LogP contribution < -0.4 is 5.32 Å². The van der Waals surface area contributed by atoms with Gasteiger partial charge in [0.2, 0.25) is 0 Å². The largest absolute Gasteiger partial charge is 0.310 e. The van der Waals surface area contributed by atoms with Gasteiger partial charge in [0, 0.05) is 17.6 Å². The van der Waals surface area contributed by atoms with Crippen LogP contribution in [0.4, 0.5) is 0 Å². The molecule has 0 bridgehead atoms. The topological polar surface area (TPSA) is 24.9 Å². The third kappa shape index (κ3) is 3.62. The highest BCUT2D eigenvalue weighted by Crippen LogP contribution is 2.33. The van der Waals surface area contributed by atoms with Gasteiger partial charge >= 0.3 is 0 Å². The van der Waals surface area contributed by atoms with Crippen LogP contribution >= 0.6 is 0 Å². The van der Waals surface area contributed by atoms with E-state index < -0.39 is 0 Å². The second-order valence-electron chi connectivity index (χ2n) is 6.35. The van der Waals surface area contributed by atoms with E-state index >= 15 is 0 Å². The molecule has 0 aliphatic heterocycles. The predicted octanol–water partition coefficient (Wildman–Crippen LogP) is 4.86. The Kier molecular flexibility index (Phi) is 4.87. The van der Waals surface area contributed by atoms with Gasteiger partial charge < -0.3 is 5.32 Å². The highest BCUT2D eigenvalue weighted by Gasteiger charge is 2.21. The lowest BCUT2D eigenvalue weighted by molar-refractivity contribution is 0.395. The van der Waals surface area contributed by atoms with Gasteiger partial charge in [0.05, 0.1) is 5.52 Å². The van der Waals surface area contributed by atoms with E-state index in [1.165, 1.54) is 49.5 Å². The van der Waals surface area contributed by atoms with Gasteiger partial charge in [-0.2, -0.15) is 0 Å². The van der Waals surface area contributed by atoms with Crippen molar-refractivity contribution in [2.75, 3.05) is 6.54 Å². The molecule has 0 amide bonds. The Hall–Kier alpha value is -1.41. The molecule has 1 N–H and O–H groups in total. The number of hydrogen-bond donors (Lipinski definition) is 1. The molecule has 0 saturated heterocycles. The van der Waals surface area contributed by atoms with Crippen LogP contribution in [0.25, 0.3) is 10.9 Å². The van der Waals surface area contributed by atoms with E-state index in [9.17, 15) is 0 Å². The first kappa shape index (κ1) is 14.5. The van der Waals surface area contributed by atoms with Crippen molar-refractivity contribution in [3.8, 4) is 0 Å². The lowest BCUT2D eigenvalue weighted by Crippen LogP contribution is -2.24. The van der Waals surface area contributed by atoms with Crippen LogP contribution in [0.5, 0.6) is 0 Å². The molecule has 3 rings (SSSR count). The predicted molar refractivity (Wildman–Crippen MR) is 89.4 cm³/mol. The van der Waals surface area contributed by atoms with Gasteiger partial charge in [-0.05, 0) is 43.0 Å². The normalized spacial score (nSPS) is 17.4. The van der Waals surface area contributed by atoms with Crippen molar-refractivity contribution in [2.45, 2.75) is 51.5 Å². The summed E-state index contributed by atoms with van der Waals surface area (Å²) < 4.78 is 0. The average molecular weight is 282 g/mol. The van der Waals surface area contributed by atoms with Crippen molar-refractivity contribution in [1.82, 2.24) is 10.3 Å². The van der Waals surface area contributed by atoms with Crippen molar-refractivity contribution < 1.29 is 0 Å². The molecule has 1 aromatic carbocycles. The van der Waals surface area contributed by atoms with Crippen LogP contribution in [0.2, 0.25) is 0 Å². The van der Waals surface area contributed by atoms with E-state index in [2.05, 4.69) is 41.5 Å². The molecule has 0 radical (unpaired) electrons. The minimum absolute atomic E-state index is 0.486. The molecule has 112 valence electrons. The summed E-state index contributed by atoms with van der Waals surface area (Å²) in [6.45, 7) is 3.33. The zero-order valence-electron chi connectivity index (χ0n) is 13.0. The van der Waals surface area contributed by atoms with E-state index in [0.717, 1.165) is 18.0 Å². The van der Waals surface area contributed by atoms with Crippen molar-refractivity contribution in [2.24, 2.45) is 5.92 Å². The molecular weight excluding hydrogens is 256 g/mol. The summed E-state index contributed by atoms with van der Waals surface area (Å²) in [5.41, 5.74) is 2.52. The number of benzene rings is 1. The van der Waals surface area contributed by atoms with Crippen LogP contribution in [0.15, 0.2) is 36.5 Å². The lowest BCUT2D eigenvalue weighted by Gasteiger charge is -2.22. The van der Waals surface area contributed by atoms with Gasteiger partial charge in [0.15, 0.2) is 0 Å². The maximum atomic E-state index is 4.51. The van der Waals surface area contributed by atoms with Crippen molar-refractivity contribution in [3.05, 3.63) is 42.1 Å². The highest BCUT2D eigenvalue weighted by molar-refractivity contribution is 5.78.